The van der Waals surface area contributed by atoms with Crippen LogP contribution in [0.5, 0.6) is 0 Å². The van der Waals surface area contributed by atoms with Crippen LogP contribution in [0.15, 0.2) is 0 Å². The van der Waals surface area contributed by atoms with E-state index in [9.17, 15) is 0 Å². The van der Waals surface area contributed by atoms with E-state index in [-0.39, 0.29) is 5.41 Å². The van der Waals surface area contributed by atoms with Crippen LogP contribution in [0.3, 0.4) is 0 Å². The van der Waals surface area contributed by atoms with Crippen molar-refractivity contribution in [1.29, 1.82) is 0 Å². The van der Waals surface area contributed by atoms with Crippen LogP contribution in [0.2, 0.25) is 0 Å². The van der Waals surface area contributed by atoms with Gasteiger partial charge in [0.05, 0.1) is 0 Å². The monoisotopic (exact) mass is 123 g/mol. The first-order valence-electron chi connectivity index (χ1n) is 3.50. The van der Waals surface area contributed by atoms with Gasteiger partial charge >= 0.3 is 0 Å². The predicted molar refractivity (Wildman–Crippen MR) is 38.5 cm³/mol. The maximum absolute atomic E-state index is 5.13. The zero-order valence-electron chi connectivity index (χ0n) is 5.91. The molecule has 50 valence electrons. The molecule has 0 aliphatic heterocycles. The molecule has 1 fully saturated rings. The van der Waals surface area contributed by atoms with Gasteiger partial charge in [0, 0.05) is 11.5 Å². The Morgan fingerprint density at radius 3 is 2.33 bits per heavy atom. The Hall–Kier alpha value is -0.640. The summed E-state index contributed by atoms with van der Waals surface area (Å²) in [5.74, 6) is 3.05. The number of rotatable bonds is 0. The Morgan fingerprint density at radius 2 is 1.89 bits per heavy atom. The minimum Gasteiger partial charge on any atom is -0.359 e. The highest BCUT2D eigenvalue weighted by Crippen LogP contribution is 2.36. The van der Waals surface area contributed by atoms with E-state index in [1.54, 1.807) is 0 Å². The number of hydrogen-bond donors (Lipinski definition) is 1. The Morgan fingerprint density at radius 1 is 1.33 bits per heavy atom. The lowest BCUT2D eigenvalue weighted by Crippen LogP contribution is -2.07. The van der Waals surface area contributed by atoms with Gasteiger partial charge in [-0.05, 0) is 19.8 Å². The summed E-state index contributed by atoms with van der Waals surface area (Å²) in [5.41, 5.74) is 5.39. The second-order valence-electron chi connectivity index (χ2n) is 3.04. The minimum atomic E-state index is 0.259. The van der Waals surface area contributed by atoms with E-state index in [1.807, 2.05) is 0 Å². The molecule has 0 aromatic heterocycles. The molecule has 0 aromatic carbocycles. The Labute approximate surface area is 56.6 Å². The van der Waals surface area contributed by atoms with Crippen molar-refractivity contribution < 1.29 is 0 Å². The van der Waals surface area contributed by atoms with Crippen LogP contribution in [0.25, 0.3) is 0 Å². The lowest BCUT2D eigenvalue weighted by Gasteiger charge is -2.13. The van der Waals surface area contributed by atoms with Crippen molar-refractivity contribution in [3.05, 3.63) is 0 Å². The lowest BCUT2D eigenvalue weighted by molar-refractivity contribution is 0.468. The van der Waals surface area contributed by atoms with Gasteiger partial charge < -0.3 is 5.73 Å². The van der Waals surface area contributed by atoms with Crippen LogP contribution in [-0.2, 0) is 0 Å². The minimum absolute atomic E-state index is 0.259. The molecule has 0 saturated heterocycles. The number of nitrogens with two attached hydrogens (primary N) is 1. The molecule has 0 spiro atoms. The summed E-state index contributed by atoms with van der Waals surface area (Å²) in [6.07, 6.45) is 5.12. The van der Waals surface area contributed by atoms with E-state index in [4.69, 9.17) is 5.73 Å². The zero-order chi connectivity index (χ0) is 6.74. The fourth-order valence-electron chi connectivity index (χ4n) is 1.45. The third-order valence-electron chi connectivity index (χ3n) is 2.08. The summed E-state index contributed by atoms with van der Waals surface area (Å²) in [6, 6.07) is 2.50. The van der Waals surface area contributed by atoms with Gasteiger partial charge in [-0.15, -0.1) is 0 Å². The fourth-order valence-corrected chi connectivity index (χ4v) is 1.45. The van der Waals surface area contributed by atoms with Gasteiger partial charge in [-0.2, -0.15) is 0 Å². The van der Waals surface area contributed by atoms with Gasteiger partial charge in [-0.3, -0.25) is 0 Å². The predicted octanol–water partition coefficient (Wildman–Crippen LogP) is 1.49. The molecule has 0 radical (unpaired) electrons. The van der Waals surface area contributed by atoms with Gasteiger partial charge in [0.25, 0.3) is 0 Å². The molecule has 0 heterocycles. The molecular formula is C8H13N. The molecule has 1 aliphatic carbocycles. The van der Waals surface area contributed by atoms with E-state index in [0.717, 1.165) is 0 Å². The first-order chi connectivity index (χ1) is 4.27. The molecule has 0 atom stereocenters. The van der Waals surface area contributed by atoms with Crippen molar-refractivity contribution in [2.45, 2.75) is 32.6 Å². The molecule has 1 nitrogen and oxygen atoms in total. The molecule has 9 heavy (non-hydrogen) atoms. The molecule has 0 amide bonds. The molecule has 1 heteroatoms. The second-order valence-corrected chi connectivity index (χ2v) is 3.04. The largest absolute Gasteiger partial charge is 0.359 e. The maximum atomic E-state index is 5.13. The average molecular weight is 123 g/mol. The first kappa shape index (κ1) is 6.48. The molecule has 0 bridgehead atoms. The van der Waals surface area contributed by atoms with Crippen molar-refractivity contribution >= 4 is 0 Å². The first-order valence-corrected chi connectivity index (χ1v) is 3.50. The van der Waals surface area contributed by atoms with Crippen molar-refractivity contribution in [2.24, 2.45) is 11.1 Å². The molecule has 2 N–H and O–H groups in total. The standard InChI is InChI=1S/C8H13N/c1-8(6-7-9)4-2-3-5-8/h2-5,9H2,1H3. The highest BCUT2D eigenvalue weighted by atomic mass is 14.5. The van der Waals surface area contributed by atoms with E-state index in [2.05, 4.69) is 18.9 Å². The second kappa shape index (κ2) is 2.31. The summed E-state index contributed by atoms with van der Waals surface area (Å²) in [4.78, 5) is 0. The van der Waals surface area contributed by atoms with Crippen LogP contribution in [-0.4, -0.2) is 0 Å². The highest BCUT2D eigenvalue weighted by molar-refractivity contribution is 5.09. The van der Waals surface area contributed by atoms with Gasteiger partial charge in [0.1, 0.15) is 0 Å². The van der Waals surface area contributed by atoms with Crippen LogP contribution < -0.4 is 5.73 Å². The van der Waals surface area contributed by atoms with E-state index >= 15 is 0 Å². The SMILES string of the molecule is CC1(C#CN)CCCC1. The van der Waals surface area contributed by atoms with Crippen LogP contribution >= 0.6 is 0 Å². The highest BCUT2D eigenvalue weighted by Gasteiger charge is 2.25. The van der Waals surface area contributed by atoms with Crippen LogP contribution in [0, 0.1) is 17.4 Å². The quantitative estimate of drug-likeness (QED) is 0.383. The van der Waals surface area contributed by atoms with Gasteiger partial charge in [0.15, 0.2) is 0 Å². The molecule has 0 aromatic rings. The third-order valence-corrected chi connectivity index (χ3v) is 2.08. The fraction of sp³-hybridized carbons (Fsp3) is 0.750. The van der Waals surface area contributed by atoms with Gasteiger partial charge in [0.2, 0.25) is 0 Å². The summed E-state index contributed by atoms with van der Waals surface area (Å²) in [6.45, 7) is 2.19. The van der Waals surface area contributed by atoms with Crippen molar-refractivity contribution in [3.8, 4) is 12.0 Å². The normalized spacial score (nSPS) is 22.8. The number of hydrogen-bond acceptors (Lipinski definition) is 1. The zero-order valence-corrected chi connectivity index (χ0v) is 5.91. The topological polar surface area (TPSA) is 26.0 Å². The van der Waals surface area contributed by atoms with Crippen LogP contribution in [0.4, 0.5) is 0 Å². The summed E-state index contributed by atoms with van der Waals surface area (Å²) in [7, 11) is 0. The molecule has 0 unspecified atom stereocenters. The Kier molecular flexibility index (Phi) is 1.66. The lowest BCUT2D eigenvalue weighted by atomic mass is 9.90. The van der Waals surface area contributed by atoms with Crippen molar-refractivity contribution in [2.75, 3.05) is 0 Å². The van der Waals surface area contributed by atoms with Gasteiger partial charge in [-0.25, -0.2) is 0 Å². The average Bonchev–Trinajstić information content (AvgIpc) is 2.16. The summed E-state index contributed by atoms with van der Waals surface area (Å²) < 4.78 is 0. The molecular weight excluding hydrogens is 110 g/mol. The van der Waals surface area contributed by atoms with E-state index < -0.39 is 0 Å². The Balaban J connectivity index is 2.58. The maximum Gasteiger partial charge on any atom is 0.0304 e. The van der Waals surface area contributed by atoms with Crippen molar-refractivity contribution in [1.82, 2.24) is 0 Å². The van der Waals surface area contributed by atoms with Crippen LogP contribution in [0.1, 0.15) is 32.6 Å². The smallest absolute Gasteiger partial charge is 0.0304 e. The Bertz CT molecular complexity index is 144. The molecule has 1 rings (SSSR count). The third kappa shape index (κ3) is 1.38. The van der Waals surface area contributed by atoms with E-state index in [0.29, 0.717) is 0 Å². The van der Waals surface area contributed by atoms with Crippen molar-refractivity contribution in [3.63, 3.8) is 0 Å². The van der Waals surface area contributed by atoms with Gasteiger partial charge in [-0.1, -0.05) is 18.8 Å². The van der Waals surface area contributed by atoms with E-state index in [1.165, 1.54) is 25.7 Å². The summed E-state index contributed by atoms with van der Waals surface area (Å²) in [5, 5.41) is 0. The molecule has 1 saturated carbocycles. The molecule has 1 aliphatic rings. The summed E-state index contributed by atoms with van der Waals surface area (Å²) >= 11 is 0.